The number of esters is 1. The van der Waals surface area contributed by atoms with Gasteiger partial charge in [-0.25, -0.2) is 4.39 Å². The molecule has 0 radical (unpaired) electrons. The number of carbonyl (C=O) groups is 1. The Morgan fingerprint density at radius 1 is 1.15 bits per heavy atom. The molecule has 5 heteroatoms. The molecule has 4 nitrogen and oxygen atoms in total. The van der Waals surface area contributed by atoms with Gasteiger partial charge in [-0.2, -0.15) is 0 Å². The van der Waals surface area contributed by atoms with Crippen LogP contribution in [-0.2, 0) is 22.5 Å². The van der Waals surface area contributed by atoms with Crippen LogP contribution < -0.4 is 5.56 Å². The third-order valence-corrected chi connectivity index (χ3v) is 2.90. The maximum absolute atomic E-state index is 13.1. The summed E-state index contributed by atoms with van der Waals surface area (Å²) in [5.41, 5.74) is 1.42. The zero-order valence-electron chi connectivity index (χ0n) is 11.0. The summed E-state index contributed by atoms with van der Waals surface area (Å²) in [7, 11) is 1.34. The van der Waals surface area contributed by atoms with Crippen LogP contribution >= 0.6 is 0 Å². The van der Waals surface area contributed by atoms with E-state index >= 15 is 0 Å². The Hall–Kier alpha value is -2.43. The second-order valence-electron chi connectivity index (χ2n) is 4.38. The molecule has 0 fully saturated rings. The average Bonchev–Trinajstić information content (AvgIpc) is 2.45. The van der Waals surface area contributed by atoms with Crippen molar-refractivity contribution in [1.29, 1.82) is 0 Å². The minimum atomic E-state index is -0.452. The molecule has 0 amide bonds. The summed E-state index contributed by atoms with van der Waals surface area (Å²) < 4.78 is 19.0. The van der Waals surface area contributed by atoms with Crippen LogP contribution in [0.5, 0.6) is 0 Å². The van der Waals surface area contributed by atoms with Gasteiger partial charge in [0.1, 0.15) is 5.82 Å². The molecule has 2 rings (SSSR count). The van der Waals surface area contributed by atoms with E-state index < -0.39 is 5.82 Å². The molecule has 1 heterocycles. The molecule has 1 aromatic carbocycles. The summed E-state index contributed by atoms with van der Waals surface area (Å²) in [6.45, 7) is 0.287. The largest absolute Gasteiger partial charge is 0.469 e. The van der Waals surface area contributed by atoms with E-state index in [0.29, 0.717) is 0 Å². The van der Waals surface area contributed by atoms with Crippen LogP contribution in [-0.4, -0.2) is 17.6 Å². The van der Waals surface area contributed by atoms with Gasteiger partial charge >= 0.3 is 5.97 Å². The van der Waals surface area contributed by atoms with E-state index in [2.05, 4.69) is 4.74 Å². The lowest BCUT2D eigenvalue weighted by molar-refractivity contribution is -0.139. The first kappa shape index (κ1) is 14.0. The van der Waals surface area contributed by atoms with Gasteiger partial charge in [0.2, 0.25) is 0 Å². The smallest absolute Gasteiger partial charge is 0.309 e. The number of ether oxygens (including phenoxy) is 1. The SMILES string of the molecule is COC(=O)Cc1ccc(Cn2cc(F)ccc2=O)cc1. The van der Waals surface area contributed by atoms with Gasteiger partial charge < -0.3 is 9.30 Å². The van der Waals surface area contributed by atoms with Crippen molar-refractivity contribution < 1.29 is 13.9 Å². The molecule has 0 bridgehead atoms. The zero-order chi connectivity index (χ0) is 14.5. The zero-order valence-corrected chi connectivity index (χ0v) is 11.0. The number of hydrogen-bond acceptors (Lipinski definition) is 3. The molecular formula is C15H14FNO3. The van der Waals surface area contributed by atoms with Crippen LogP contribution in [0.2, 0.25) is 0 Å². The predicted molar refractivity (Wildman–Crippen MR) is 71.9 cm³/mol. The second kappa shape index (κ2) is 6.14. The normalized spacial score (nSPS) is 10.3. The van der Waals surface area contributed by atoms with Crippen molar-refractivity contribution in [3.63, 3.8) is 0 Å². The van der Waals surface area contributed by atoms with Crippen molar-refractivity contribution in [2.75, 3.05) is 7.11 Å². The van der Waals surface area contributed by atoms with Crippen LogP contribution in [0.15, 0.2) is 47.4 Å². The van der Waals surface area contributed by atoms with Gasteiger partial charge in [0.05, 0.1) is 20.1 Å². The lowest BCUT2D eigenvalue weighted by Gasteiger charge is -2.06. The Morgan fingerprint density at radius 2 is 1.80 bits per heavy atom. The van der Waals surface area contributed by atoms with E-state index in [1.165, 1.54) is 23.9 Å². The molecule has 0 spiro atoms. The fourth-order valence-corrected chi connectivity index (χ4v) is 1.82. The van der Waals surface area contributed by atoms with E-state index in [1.807, 2.05) is 0 Å². The number of benzene rings is 1. The second-order valence-corrected chi connectivity index (χ2v) is 4.38. The molecule has 1 aromatic heterocycles. The first-order valence-electron chi connectivity index (χ1n) is 6.09. The fraction of sp³-hybridized carbons (Fsp3) is 0.200. The number of hydrogen-bond donors (Lipinski definition) is 0. The lowest BCUT2D eigenvalue weighted by Crippen LogP contribution is -2.19. The minimum absolute atomic E-state index is 0.205. The molecule has 0 aliphatic carbocycles. The highest BCUT2D eigenvalue weighted by molar-refractivity contribution is 5.72. The van der Waals surface area contributed by atoms with Crippen molar-refractivity contribution in [3.05, 3.63) is 69.9 Å². The average molecular weight is 275 g/mol. The molecule has 0 unspecified atom stereocenters. The Kier molecular flexibility index (Phi) is 4.30. The standard InChI is InChI=1S/C15H14FNO3/c1-20-15(19)8-11-2-4-12(5-3-11)9-17-10-13(16)6-7-14(17)18/h2-7,10H,8-9H2,1H3. The molecule has 0 N–H and O–H groups in total. The van der Waals surface area contributed by atoms with Gasteiger partial charge in [0, 0.05) is 12.3 Å². The maximum Gasteiger partial charge on any atom is 0.309 e. The van der Waals surface area contributed by atoms with Crippen molar-refractivity contribution in [3.8, 4) is 0 Å². The maximum atomic E-state index is 13.1. The number of nitrogens with zero attached hydrogens (tertiary/aromatic N) is 1. The Morgan fingerprint density at radius 3 is 2.45 bits per heavy atom. The summed E-state index contributed by atoms with van der Waals surface area (Å²) in [6.07, 6.45) is 1.38. The third-order valence-electron chi connectivity index (χ3n) is 2.90. The Balaban J connectivity index is 2.12. The fourth-order valence-electron chi connectivity index (χ4n) is 1.82. The highest BCUT2D eigenvalue weighted by Gasteiger charge is 2.04. The topological polar surface area (TPSA) is 48.3 Å². The number of methoxy groups -OCH3 is 1. The van der Waals surface area contributed by atoms with E-state index in [1.54, 1.807) is 24.3 Å². The summed E-state index contributed by atoms with van der Waals surface area (Å²) in [4.78, 5) is 22.7. The number of pyridine rings is 1. The number of halogens is 1. The van der Waals surface area contributed by atoms with Crippen LogP contribution in [0.1, 0.15) is 11.1 Å². The number of rotatable bonds is 4. The molecule has 20 heavy (non-hydrogen) atoms. The van der Waals surface area contributed by atoms with Gasteiger partial charge in [-0.15, -0.1) is 0 Å². The minimum Gasteiger partial charge on any atom is -0.469 e. The molecular weight excluding hydrogens is 261 g/mol. The van der Waals surface area contributed by atoms with Crippen molar-refractivity contribution in [2.24, 2.45) is 0 Å². The summed E-state index contributed by atoms with van der Waals surface area (Å²) >= 11 is 0. The molecule has 2 aromatic rings. The van der Waals surface area contributed by atoms with Gasteiger partial charge in [-0.3, -0.25) is 9.59 Å². The highest BCUT2D eigenvalue weighted by Crippen LogP contribution is 2.07. The summed E-state index contributed by atoms with van der Waals surface area (Å²) in [6, 6.07) is 9.51. The first-order valence-corrected chi connectivity index (χ1v) is 6.09. The summed E-state index contributed by atoms with van der Waals surface area (Å²) in [5, 5.41) is 0. The van der Waals surface area contributed by atoms with Crippen LogP contribution in [0.25, 0.3) is 0 Å². The monoisotopic (exact) mass is 275 g/mol. The highest BCUT2D eigenvalue weighted by atomic mass is 19.1. The van der Waals surface area contributed by atoms with E-state index in [-0.39, 0.29) is 24.5 Å². The van der Waals surface area contributed by atoms with Crippen molar-refractivity contribution in [2.45, 2.75) is 13.0 Å². The quantitative estimate of drug-likeness (QED) is 0.799. The van der Waals surface area contributed by atoms with Crippen molar-refractivity contribution >= 4 is 5.97 Å². The molecule has 0 atom stereocenters. The predicted octanol–water partition coefficient (Wildman–Crippen LogP) is 1.75. The number of carbonyl (C=O) groups excluding carboxylic acids is 1. The number of aromatic nitrogens is 1. The van der Waals surface area contributed by atoms with E-state index in [0.717, 1.165) is 17.2 Å². The van der Waals surface area contributed by atoms with E-state index in [4.69, 9.17) is 0 Å². The molecule has 0 aliphatic rings. The van der Waals surface area contributed by atoms with Crippen LogP contribution in [0.4, 0.5) is 4.39 Å². The van der Waals surface area contributed by atoms with Gasteiger partial charge in [-0.1, -0.05) is 24.3 Å². The Labute approximate surface area is 115 Å². The van der Waals surface area contributed by atoms with E-state index in [9.17, 15) is 14.0 Å². The molecule has 104 valence electrons. The Bertz CT molecular complexity index is 662. The molecule has 0 saturated heterocycles. The van der Waals surface area contributed by atoms with Crippen molar-refractivity contribution in [1.82, 2.24) is 4.57 Å². The first-order chi connectivity index (χ1) is 9.58. The van der Waals surface area contributed by atoms with Crippen LogP contribution in [0.3, 0.4) is 0 Å². The lowest BCUT2D eigenvalue weighted by atomic mass is 10.1. The van der Waals surface area contributed by atoms with Gasteiger partial charge in [0.15, 0.2) is 0 Å². The summed E-state index contributed by atoms with van der Waals surface area (Å²) in [5.74, 6) is -0.758. The van der Waals surface area contributed by atoms with Crippen LogP contribution in [0, 0.1) is 5.82 Å². The molecule has 0 saturated carbocycles. The molecule has 0 aliphatic heterocycles. The van der Waals surface area contributed by atoms with Gasteiger partial charge in [0.25, 0.3) is 5.56 Å². The van der Waals surface area contributed by atoms with Gasteiger partial charge in [-0.05, 0) is 17.2 Å². The third kappa shape index (κ3) is 3.54.